The molecule has 3 unspecified atom stereocenters. The summed E-state index contributed by atoms with van der Waals surface area (Å²) in [5, 5.41) is 10.3. The molecule has 0 bridgehead atoms. The monoisotopic (exact) mass is 379 g/mol. The zero-order valence-corrected chi connectivity index (χ0v) is 16.7. The number of benzene rings is 1. The predicted molar refractivity (Wildman–Crippen MR) is 106 cm³/mol. The second kappa shape index (κ2) is 11.4. The van der Waals surface area contributed by atoms with Gasteiger partial charge in [-0.15, -0.1) is 0 Å². The second-order valence-corrected chi connectivity index (χ2v) is 7.42. The summed E-state index contributed by atoms with van der Waals surface area (Å²) in [5.41, 5.74) is 1.46. The summed E-state index contributed by atoms with van der Waals surface area (Å²) in [4.78, 5) is 13.6. The number of anilines is 1. The maximum Gasteiger partial charge on any atom is 0.291 e. The van der Waals surface area contributed by atoms with Crippen molar-refractivity contribution in [3.8, 4) is 0 Å². The van der Waals surface area contributed by atoms with Gasteiger partial charge in [0.05, 0.1) is 6.10 Å². The lowest BCUT2D eigenvalue weighted by Gasteiger charge is -2.23. The zero-order chi connectivity index (χ0) is 19.6. The molecule has 0 aliphatic carbocycles. The van der Waals surface area contributed by atoms with Gasteiger partial charge in [-0.1, -0.05) is 70.9 Å². The quantitative estimate of drug-likeness (QED) is 0.478. The summed E-state index contributed by atoms with van der Waals surface area (Å²) < 4.78 is 19.1. The van der Waals surface area contributed by atoms with E-state index in [1.165, 1.54) is 17.7 Å². The summed E-state index contributed by atoms with van der Waals surface area (Å²) in [5.74, 6) is -0.636. The Labute approximate surface area is 162 Å². The number of amides is 1. The first-order valence-electron chi connectivity index (χ1n) is 10.5. The minimum absolute atomic E-state index is 0.500. The molecule has 5 heteroatoms. The first-order chi connectivity index (χ1) is 13.1. The SMILES string of the molecule is CCCCCCC(O)c1ccc(N2C(=O)C(F)OC2CCCCCC)cc1. The molecule has 1 heterocycles. The van der Waals surface area contributed by atoms with E-state index < -0.39 is 24.6 Å². The molecule has 0 aromatic heterocycles. The number of aliphatic hydroxyl groups is 1. The van der Waals surface area contributed by atoms with Crippen molar-refractivity contribution in [1.82, 2.24) is 0 Å². The van der Waals surface area contributed by atoms with Crippen LogP contribution in [0.15, 0.2) is 24.3 Å². The van der Waals surface area contributed by atoms with E-state index in [9.17, 15) is 14.3 Å². The van der Waals surface area contributed by atoms with Gasteiger partial charge in [-0.2, -0.15) is 0 Å². The van der Waals surface area contributed by atoms with Gasteiger partial charge in [-0.25, -0.2) is 4.39 Å². The number of hydrogen-bond acceptors (Lipinski definition) is 3. The first-order valence-corrected chi connectivity index (χ1v) is 10.5. The highest BCUT2D eigenvalue weighted by Gasteiger charge is 2.41. The van der Waals surface area contributed by atoms with Crippen LogP contribution in [-0.4, -0.2) is 23.6 Å². The van der Waals surface area contributed by atoms with Gasteiger partial charge in [0.1, 0.15) is 6.23 Å². The van der Waals surface area contributed by atoms with Crippen LogP contribution < -0.4 is 4.90 Å². The fourth-order valence-electron chi connectivity index (χ4n) is 3.53. The number of rotatable bonds is 12. The molecule has 152 valence electrons. The van der Waals surface area contributed by atoms with E-state index in [-0.39, 0.29) is 0 Å². The molecule has 2 rings (SSSR count). The molecule has 1 aliphatic rings. The number of nitrogens with zero attached hydrogens (tertiary/aromatic N) is 1. The van der Waals surface area contributed by atoms with Gasteiger partial charge in [0.15, 0.2) is 0 Å². The molecule has 1 aliphatic heterocycles. The van der Waals surface area contributed by atoms with Crippen LogP contribution in [0, 0.1) is 0 Å². The number of alkyl halides is 1. The molecule has 3 atom stereocenters. The van der Waals surface area contributed by atoms with E-state index in [2.05, 4.69) is 13.8 Å². The van der Waals surface area contributed by atoms with Crippen molar-refractivity contribution in [3.05, 3.63) is 29.8 Å². The van der Waals surface area contributed by atoms with Gasteiger partial charge in [0, 0.05) is 5.69 Å². The van der Waals surface area contributed by atoms with Crippen LogP contribution in [0.5, 0.6) is 0 Å². The topological polar surface area (TPSA) is 49.8 Å². The third kappa shape index (κ3) is 6.28. The van der Waals surface area contributed by atoms with E-state index in [0.717, 1.165) is 50.5 Å². The van der Waals surface area contributed by atoms with Crippen LogP contribution in [0.3, 0.4) is 0 Å². The Morgan fingerprint density at radius 2 is 1.67 bits per heavy atom. The average molecular weight is 380 g/mol. The third-order valence-corrected chi connectivity index (χ3v) is 5.19. The van der Waals surface area contributed by atoms with Gasteiger partial charge < -0.3 is 9.84 Å². The van der Waals surface area contributed by atoms with Crippen LogP contribution in [0.1, 0.15) is 89.7 Å². The molecule has 0 radical (unpaired) electrons. The van der Waals surface area contributed by atoms with Crippen LogP contribution in [0.4, 0.5) is 10.1 Å². The van der Waals surface area contributed by atoms with Gasteiger partial charge in [0.2, 0.25) is 0 Å². The predicted octanol–water partition coefficient (Wildman–Crippen LogP) is 5.65. The summed E-state index contributed by atoms with van der Waals surface area (Å²) in [6, 6.07) is 7.21. The molecule has 1 aromatic rings. The number of ether oxygens (including phenoxy) is 1. The second-order valence-electron chi connectivity index (χ2n) is 7.42. The van der Waals surface area contributed by atoms with E-state index in [1.807, 2.05) is 12.1 Å². The first kappa shape index (κ1) is 21.8. The number of hydrogen-bond donors (Lipinski definition) is 1. The molecule has 1 saturated heterocycles. The summed E-state index contributed by atoms with van der Waals surface area (Å²) >= 11 is 0. The molecule has 0 saturated carbocycles. The van der Waals surface area contributed by atoms with Crippen LogP contribution in [0.2, 0.25) is 0 Å². The molecule has 0 spiro atoms. The normalized spacial score (nSPS) is 21.0. The highest BCUT2D eigenvalue weighted by atomic mass is 19.1. The smallest absolute Gasteiger partial charge is 0.291 e. The Morgan fingerprint density at radius 1 is 1.04 bits per heavy atom. The van der Waals surface area contributed by atoms with Gasteiger partial charge in [0.25, 0.3) is 12.3 Å². The lowest BCUT2D eigenvalue weighted by atomic mass is 10.0. The van der Waals surface area contributed by atoms with Gasteiger partial charge in [-0.3, -0.25) is 9.69 Å². The lowest BCUT2D eigenvalue weighted by molar-refractivity contribution is -0.131. The standard InChI is InChI=1S/C22H34FNO3/c1-3-5-7-9-11-19(25)17-13-15-18(16-14-17)24-20(12-10-8-6-4-2)27-21(23)22(24)26/h13-16,19-21,25H,3-12H2,1-2H3. The summed E-state index contributed by atoms with van der Waals surface area (Å²) in [6.45, 7) is 4.30. The minimum atomic E-state index is -1.88. The Kier molecular flexibility index (Phi) is 9.22. The summed E-state index contributed by atoms with van der Waals surface area (Å²) in [7, 11) is 0. The molecule has 1 aromatic carbocycles. The highest BCUT2D eigenvalue weighted by Crippen LogP contribution is 2.31. The van der Waals surface area contributed by atoms with Gasteiger partial charge >= 0.3 is 0 Å². The van der Waals surface area contributed by atoms with Crippen LogP contribution in [-0.2, 0) is 9.53 Å². The number of carbonyl (C=O) groups is 1. The van der Waals surface area contributed by atoms with Gasteiger partial charge in [-0.05, 0) is 37.0 Å². The van der Waals surface area contributed by atoms with Crippen molar-refractivity contribution in [2.75, 3.05) is 4.90 Å². The number of carbonyl (C=O) groups excluding carboxylic acids is 1. The molecular weight excluding hydrogens is 345 g/mol. The van der Waals surface area contributed by atoms with Crippen molar-refractivity contribution >= 4 is 11.6 Å². The molecule has 1 fully saturated rings. The average Bonchev–Trinajstić information content (AvgIpc) is 2.96. The van der Waals surface area contributed by atoms with Crippen molar-refractivity contribution in [1.29, 1.82) is 0 Å². The van der Waals surface area contributed by atoms with Crippen LogP contribution >= 0.6 is 0 Å². The van der Waals surface area contributed by atoms with Crippen LogP contribution in [0.25, 0.3) is 0 Å². The fourth-order valence-corrected chi connectivity index (χ4v) is 3.53. The lowest BCUT2D eigenvalue weighted by Crippen LogP contribution is -2.34. The zero-order valence-electron chi connectivity index (χ0n) is 16.7. The van der Waals surface area contributed by atoms with Crippen molar-refractivity contribution < 1.29 is 19.0 Å². The Morgan fingerprint density at radius 3 is 2.30 bits per heavy atom. The highest BCUT2D eigenvalue weighted by molar-refractivity contribution is 5.97. The van der Waals surface area contributed by atoms with E-state index in [0.29, 0.717) is 12.1 Å². The number of unbranched alkanes of at least 4 members (excludes halogenated alkanes) is 6. The van der Waals surface area contributed by atoms with Crippen molar-refractivity contribution in [3.63, 3.8) is 0 Å². The minimum Gasteiger partial charge on any atom is -0.388 e. The maximum atomic E-state index is 13.8. The fraction of sp³-hybridized carbons (Fsp3) is 0.682. The molecule has 4 nitrogen and oxygen atoms in total. The molecule has 1 amide bonds. The number of aliphatic hydroxyl groups excluding tert-OH is 1. The largest absolute Gasteiger partial charge is 0.388 e. The summed E-state index contributed by atoms with van der Waals surface area (Å²) in [6.07, 6.45) is 7.14. The number of halogens is 1. The van der Waals surface area contributed by atoms with E-state index in [1.54, 1.807) is 12.1 Å². The Hall–Kier alpha value is -1.46. The maximum absolute atomic E-state index is 13.8. The Bertz CT molecular complexity index is 563. The molecule has 1 N–H and O–H groups in total. The van der Waals surface area contributed by atoms with E-state index >= 15 is 0 Å². The molecular formula is C22H34FNO3. The van der Waals surface area contributed by atoms with E-state index in [4.69, 9.17) is 4.74 Å². The molecule has 27 heavy (non-hydrogen) atoms. The van der Waals surface area contributed by atoms with Crippen molar-refractivity contribution in [2.24, 2.45) is 0 Å². The van der Waals surface area contributed by atoms with Crippen molar-refractivity contribution in [2.45, 2.75) is 96.7 Å². The Balaban J connectivity index is 1.96. The third-order valence-electron chi connectivity index (χ3n) is 5.19.